The number of ether oxygens (including phenoxy) is 1. The maximum atomic E-state index is 9.72. The van der Waals surface area contributed by atoms with Crippen LogP contribution in [0, 0.1) is 5.92 Å². The Kier molecular flexibility index (Phi) is 4.06. The molecule has 2 heteroatoms. The Hall–Kier alpha value is -1.02. The van der Waals surface area contributed by atoms with Gasteiger partial charge in [-0.15, -0.1) is 0 Å². The average Bonchev–Trinajstić information content (AvgIpc) is 2.69. The number of hydrogen-bond donors (Lipinski definition) is 1. The lowest BCUT2D eigenvalue weighted by Crippen LogP contribution is -2.08. The van der Waals surface area contributed by atoms with Crippen molar-refractivity contribution in [3.63, 3.8) is 0 Å². The first kappa shape index (κ1) is 12.4. The van der Waals surface area contributed by atoms with Crippen LogP contribution < -0.4 is 4.74 Å². The highest BCUT2D eigenvalue weighted by Gasteiger charge is 2.20. The van der Waals surface area contributed by atoms with Gasteiger partial charge in [-0.05, 0) is 48.4 Å². The molecule has 1 aromatic rings. The lowest BCUT2D eigenvalue weighted by atomic mass is 10.1. The molecule has 0 heterocycles. The molecule has 2 nitrogen and oxygen atoms in total. The molecule has 1 aliphatic rings. The molecule has 1 unspecified atom stereocenters. The Morgan fingerprint density at radius 1 is 1.47 bits per heavy atom. The Balaban J connectivity index is 1.94. The molecule has 0 aliphatic heterocycles. The second-order valence-electron chi connectivity index (χ2n) is 5.12. The van der Waals surface area contributed by atoms with Crippen molar-refractivity contribution in [2.45, 2.75) is 45.6 Å². The van der Waals surface area contributed by atoms with Crippen molar-refractivity contribution >= 4 is 0 Å². The number of rotatable bonds is 5. The zero-order valence-electron chi connectivity index (χ0n) is 10.8. The van der Waals surface area contributed by atoms with E-state index >= 15 is 0 Å². The molecule has 0 bridgehead atoms. The largest absolute Gasteiger partial charge is 0.493 e. The van der Waals surface area contributed by atoms with Gasteiger partial charge in [-0.1, -0.05) is 26.3 Å². The molecule has 1 N–H and O–H groups in total. The summed E-state index contributed by atoms with van der Waals surface area (Å²) in [6.07, 6.45) is 3.98. The minimum absolute atomic E-state index is 0.266. The monoisotopic (exact) mass is 234 g/mol. The highest BCUT2D eigenvalue weighted by Crippen LogP contribution is 2.33. The summed E-state index contributed by atoms with van der Waals surface area (Å²) in [5, 5.41) is 9.72. The van der Waals surface area contributed by atoms with Gasteiger partial charge in [0, 0.05) is 0 Å². The van der Waals surface area contributed by atoms with Crippen molar-refractivity contribution in [2.75, 3.05) is 6.61 Å². The SMILES string of the molecule is CCCC(C)COc1ccc2c(c1)CC[C@@H]2O. The number of aliphatic hydroxyl groups is 1. The van der Waals surface area contributed by atoms with E-state index < -0.39 is 0 Å². The number of benzene rings is 1. The van der Waals surface area contributed by atoms with Gasteiger partial charge in [0.15, 0.2) is 0 Å². The number of aryl methyl sites for hydroxylation is 1. The molecular weight excluding hydrogens is 212 g/mol. The minimum atomic E-state index is -0.266. The molecule has 2 rings (SSSR count). The number of aliphatic hydroxyl groups excluding tert-OH is 1. The smallest absolute Gasteiger partial charge is 0.119 e. The zero-order valence-corrected chi connectivity index (χ0v) is 10.8. The van der Waals surface area contributed by atoms with Gasteiger partial charge >= 0.3 is 0 Å². The van der Waals surface area contributed by atoms with E-state index in [1.165, 1.54) is 18.4 Å². The van der Waals surface area contributed by atoms with Crippen LogP contribution in [0.3, 0.4) is 0 Å². The van der Waals surface area contributed by atoms with Crippen LogP contribution in [0.15, 0.2) is 18.2 Å². The summed E-state index contributed by atoms with van der Waals surface area (Å²) in [6, 6.07) is 6.07. The van der Waals surface area contributed by atoms with Gasteiger partial charge in [-0.3, -0.25) is 0 Å². The quantitative estimate of drug-likeness (QED) is 0.845. The van der Waals surface area contributed by atoms with Crippen LogP contribution in [0.1, 0.15) is 50.3 Å². The molecule has 0 amide bonds. The zero-order chi connectivity index (χ0) is 12.3. The fraction of sp³-hybridized carbons (Fsp3) is 0.600. The maximum absolute atomic E-state index is 9.72. The highest BCUT2D eigenvalue weighted by molar-refractivity contribution is 5.39. The summed E-state index contributed by atoms with van der Waals surface area (Å²) in [7, 11) is 0. The Labute approximate surface area is 104 Å². The van der Waals surface area contributed by atoms with E-state index in [1.807, 2.05) is 12.1 Å². The number of hydrogen-bond acceptors (Lipinski definition) is 2. The molecule has 0 aromatic heterocycles. The Bertz CT molecular complexity index is 373. The van der Waals surface area contributed by atoms with Crippen molar-refractivity contribution in [1.29, 1.82) is 0 Å². The summed E-state index contributed by atoms with van der Waals surface area (Å²) in [6.45, 7) is 5.21. The second kappa shape index (κ2) is 5.54. The molecule has 2 atom stereocenters. The molecular formula is C15H22O2. The van der Waals surface area contributed by atoms with Gasteiger partial charge in [0.05, 0.1) is 12.7 Å². The minimum Gasteiger partial charge on any atom is -0.493 e. The van der Waals surface area contributed by atoms with Crippen molar-refractivity contribution < 1.29 is 9.84 Å². The molecule has 0 saturated heterocycles. The topological polar surface area (TPSA) is 29.5 Å². The van der Waals surface area contributed by atoms with Crippen molar-refractivity contribution in [3.8, 4) is 5.75 Å². The van der Waals surface area contributed by atoms with Crippen LogP contribution in [-0.4, -0.2) is 11.7 Å². The van der Waals surface area contributed by atoms with Crippen LogP contribution in [0.2, 0.25) is 0 Å². The fourth-order valence-corrected chi connectivity index (χ4v) is 2.48. The molecule has 1 aliphatic carbocycles. The van der Waals surface area contributed by atoms with E-state index in [0.29, 0.717) is 5.92 Å². The maximum Gasteiger partial charge on any atom is 0.119 e. The summed E-state index contributed by atoms with van der Waals surface area (Å²) in [5.74, 6) is 1.56. The molecule has 0 radical (unpaired) electrons. The fourth-order valence-electron chi connectivity index (χ4n) is 2.48. The van der Waals surface area contributed by atoms with Crippen molar-refractivity contribution in [2.24, 2.45) is 5.92 Å². The molecule has 17 heavy (non-hydrogen) atoms. The highest BCUT2D eigenvalue weighted by atomic mass is 16.5. The molecule has 0 saturated carbocycles. The first-order valence-corrected chi connectivity index (χ1v) is 6.64. The standard InChI is InChI=1S/C15H22O2/c1-3-4-11(2)10-17-13-6-7-14-12(9-13)5-8-15(14)16/h6-7,9,11,15-16H,3-5,8,10H2,1-2H3/t11?,15-/m0/s1. The van der Waals surface area contributed by atoms with E-state index in [1.54, 1.807) is 0 Å². The van der Waals surface area contributed by atoms with Crippen LogP contribution in [-0.2, 0) is 6.42 Å². The average molecular weight is 234 g/mol. The molecule has 94 valence electrons. The van der Waals surface area contributed by atoms with E-state index in [0.717, 1.165) is 30.8 Å². The third-order valence-electron chi connectivity index (χ3n) is 3.48. The van der Waals surface area contributed by atoms with Crippen molar-refractivity contribution in [3.05, 3.63) is 29.3 Å². The van der Waals surface area contributed by atoms with Crippen LogP contribution in [0.4, 0.5) is 0 Å². The van der Waals surface area contributed by atoms with Gasteiger partial charge in [0.2, 0.25) is 0 Å². The van der Waals surface area contributed by atoms with E-state index in [4.69, 9.17) is 4.74 Å². The third-order valence-corrected chi connectivity index (χ3v) is 3.48. The van der Waals surface area contributed by atoms with Crippen LogP contribution in [0.25, 0.3) is 0 Å². The summed E-state index contributed by atoms with van der Waals surface area (Å²) in [4.78, 5) is 0. The first-order chi connectivity index (χ1) is 8.20. The normalized spacial score (nSPS) is 20.1. The van der Waals surface area contributed by atoms with E-state index in [2.05, 4.69) is 19.9 Å². The van der Waals surface area contributed by atoms with Gasteiger partial charge in [-0.2, -0.15) is 0 Å². The summed E-state index contributed by atoms with van der Waals surface area (Å²) < 4.78 is 5.80. The first-order valence-electron chi connectivity index (χ1n) is 6.64. The van der Waals surface area contributed by atoms with E-state index in [-0.39, 0.29) is 6.10 Å². The summed E-state index contributed by atoms with van der Waals surface area (Å²) in [5.41, 5.74) is 2.33. The predicted octanol–water partition coefficient (Wildman–Crippen LogP) is 3.48. The predicted molar refractivity (Wildman–Crippen MR) is 69.3 cm³/mol. The Morgan fingerprint density at radius 3 is 3.06 bits per heavy atom. The third kappa shape index (κ3) is 3.01. The number of fused-ring (bicyclic) bond motifs is 1. The van der Waals surface area contributed by atoms with Gasteiger partial charge in [0.25, 0.3) is 0 Å². The lowest BCUT2D eigenvalue weighted by molar-refractivity contribution is 0.180. The molecule has 0 fully saturated rings. The van der Waals surface area contributed by atoms with E-state index in [9.17, 15) is 5.11 Å². The van der Waals surface area contributed by atoms with Gasteiger partial charge in [0.1, 0.15) is 5.75 Å². The van der Waals surface area contributed by atoms with Crippen LogP contribution >= 0.6 is 0 Å². The lowest BCUT2D eigenvalue weighted by Gasteiger charge is -2.13. The second-order valence-corrected chi connectivity index (χ2v) is 5.12. The summed E-state index contributed by atoms with van der Waals surface area (Å²) >= 11 is 0. The molecule has 1 aromatic carbocycles. The van der Waals surface area contributed by atoms with Crippen molar-refractivity contribution in [1.82, 2.24) is 0 Å². The van der Waals surface area contributed by atoms with Gasteiger partial charge < -0.3 is 9.84 Å². The van der Waals surface area contributed by atoms with Gasteiger partial charge in [-0.25, -0.2) is 0 Å². The Morgan fingerprint density at radius 2 is 2.29 bits per heavy atom. The molecule has 0 spiro atoms. The van der Waals surface area contributed by atoms with Crippen LogP contribution in [0.5, 0.6) is 5.75 Å².